The number of hydrogen-bond donors (Lipinski definition) is 1. The lowest BCUT2D eigenvalue weighted by Crippen LogP contribution is -2.17. The Labute approximate surface area is 111 Å². The van der Waals surface area contributed by atoms with E-state index in [1.54, 1.807) is 30.3 Å². The molecule has 1 amide bonds. The highest BCUT2D eigenvalue weighted by molar-refractivity contribution is 6.31. The third kappa shape index (κ3) is 4.58. The van der Waals surface area contributed by atoms with Crippen molar-refractivity contribution in [1.82, 2.24) is 4.90 Å². The van der Waals surface area contributed by atoms with Crippen molar-refractivity contribution in [1.29, 1.82) is 5.26 Å². The standard InChI is InChI=1S/C13H14ClN3O/c1-17(2)7-6-10(9-15)13(18)16-12-5-3-4-11(14)8-12/h3-6,8H,7H2,1-2H3,(H,16,18). The lowest BCUT2D eigenvalue weighted by atomic mass is 10.2. The molecule has 0 saturated heterocycles. The van der Waals surface area contributed by atoms with Gasteiger partial charge >= 0.3 is 0 Å². The van der Waals surface area contributed by atoms with Gasteiger partial charge in [-0.3, -0.25) is 4.79 Å². The largest absolute Gasteiger partial charge is 0.321 e. The van der Waals surface area contributed by atoms with E-state index in [0.717, 1.165) is 0 Å². The minimum absolute atomic E-state index is 0.0867. The highest BCUT2D eigenvalue weighted by atomic mass is 35.5. The number of carbonyl (C=O) groups is 1. The Bertz CT molecular complexity index is 503. The summed E-state index contributed by atoms with van der Waals surface area (Å²) in [6.45, 7) is 0.534. The number of nitrogens with zero attached hydrogens (tertiary/aromatic N) is 2. The van der Waals surface area contributed by atoms with Gasteiger partial charge in [-0.15, -0.1) is 0 Å². The van der Waals surface area contributed by atoms with E-state index >= 15 is 0 Å². The minimum atomic E-state index is -0.429. The number of nitriles is 1. The number of carbonyl (C=O) groups excluding carboxylic acids is 1. The molecule has 1 aromatic carbocycles. The van der Waals surface area contributed by atoms with E-state index in [4.69, 9.17) is 16.9 Å². The molecule has 0 saturated carbocycles. The SMILES string of the molecule is CN(C)CC=C(C#N)C(=O)Nc1cccc(Cl)c1. The van der Waals surface area contributed by atoms with Gasteiger partial charge in [0.15, 0.2) is 0 Å². The van der Waals surface area contributed by atoms with Crippen molar-refractivity contribution in [2.75, 3.05) is 26.0 Å². The first-order valence-corrected chi connectivity index (χ1v) is 5.72. The second kappa shape index (κ2) is 6.80. The second-order valence-electron chi connectivity index (χ2n) is 3.96. The molecule has 0 spiro atoms. The lowest BCUT2D eigenvalue weighted by molar-refractivity contribution is -0.112. The molecule has 5 heteroatoms. The summed E-state index contributed by atoms with van der Waals surface area (Å²) in [5, 5.41) is 12.1. The van der Waals surface area contributed by atoms with Crippen molar-refractivity contribution in [3.8, 4) is 6.07 Å². The normalized spacial score (nSPS) is 11.2. The molecule has 0 aliphatic carbocycles. The molecule has 1 rings (SSSR count). The second-order valence-corrected chi connectivity index (χ2v) is 4.39. The van der Waals surface area contributed by atoms with Gasteiger partial charge in [0, 0.05) is 17.3 Å². The van der Waals surface area contributed by atoms with Crippen LogP contribution in [-0.2, 0) is 4.79 Å². The van der Waals surface area contributed by atoms with Crippen LogP contribution in [0.1, 0.15) is 0 Å². The number of amides is 1. The molecule has 0 bridgehead atoms. The van der Waals surface area contributed by atoms with Crippen LogP contribution in [-0.4, -0.2) is 31.4 Å². The van der Waals surface area contributed by atoms with Crippen molar-refractivity contribution in [2.24, 2.45) is 0 Å². The van der Waals surface area contributed by atoms with Crippen LogP contribution in [0.4, 0.5) is 5.69 Å². The quantitative estimate of drug-likeness (QED) is 0.670. The highest BCUT2D eigenvalue weighted by Crippen LogP contribution is 2.15. The van der Waals surface area contributed by atoms with Crippen LogP contribution in [0.2, 0.25) is 5.02 Å². The van der Waals surface area contributed by atoms with Crippen molar-refractivity contribution in [3.63, 3.8) is 0 Å². The zero-order chi connectivity index (χ0) is 13.5. The molecule has 0 aliphatic heterocycles. The van der Waals surface area contributed by atoms with Gasteiger partial charge in [0.05, 0.1) is 0 Å². The zero-order valence-electron chi connectivity index (χ0n) is 10.3. The Balaban J connectivity index is 2.75. The predicted molar refractivity (Wildman–Crippen MR) is 72.3 cm³/mol. The van der Waals surface area contributed by atoms with Crippen LogP contribution in [0.3, 0.4) is 0 Å². The zero-order valence-corrected chi connectivity index (χ0v) is 11.0. The van der Waals surface area contributed by atoms with E-state index in [1.165, 1.54) is 0 Å². The molecular weight excluding hydrogens is 250 g/mol. The molecule has 1 N–H and O–H groups in total. The summed E-state index contributed by atoms with van der Waals surface area (Å²) in [6.07, 6.45) is 1.58. The lowest BCUT2D eigenvalue weighted by Gasteiger charge is -2.07. The first-order valence-electron chi connectivity index (χ1n) is 5.35. The Morgan fingerprint density at radius 1 is 1.56 bits per heavy atom. The van der Waals surface area contributed by atoms with Gasteiger partial charge in [0.25, 0.3) is 5.91 Å². The number of likely N-dealkylation sites (N-methyl/N-ethyl adjacent to an activating group) is 1. The Morgan fingerprint density at radius 3 is 2.83 bits per heavy atom. The first-order chi connectivity index (χ1) is 8.52. The average Bonchev–Trinajstić information content (AvgIpc) is 2.29. The van der Waals surface area contributed by atoms with Crippen LogP contribution in [0, 0.1) is 11.3 Å². The molecular formula is C13H14ClN3O. The molecule has 0 radical (unpaired) electrons. The van der Waals surface area contributed by atoms with Crippen molar-refractivity contribution >= 4 is 23.2 Å². The maximum absolute atomic E-state index is 11.8. The number of rotatable bonds is 4. The highest BCUT2D eigenvalue weighted by Gasteiger charge is 2.09. The van der Waals surface area contributed by atoms with Gasteiger partial charge in [-0.25, -0.2) is 0 Å². The van der Waals surface area contributed by atoms with E-state index in [-0.39, 0.29) is 5.57 Å². The molecule has 0 heterocycles. The smallest absolute Gasteiger partial charge is 0.266 e. The van der Waals surface area contributed by atoms with Gasteiger partial charge in [-0.1, -0.05) is 17.7 Å². The molecule has 0 aliphatic rings. The molecule has 18 heavy (non-hydrogen) atoms. The van der Waals surface area contributed by atoms with Crippen LogP contribution in [0.25, 0.3) is 0 Å². The fourth-order valence-electron chi connectivity index (χ4n) is 1.23. The number of anilines is 1. The maximum Gasteiger partial charge on any atom is 0.266 e. The van der Waals surface area contributed by atoms with E-state index in [1.807, 2.05) is 25.1 Å². The Kier molecular flexibility index (Phi) is 5.37. The fraction of sp³-hybridized carbons (Fsp3) is 0.231. The van der Waals surface area contributed by atoms with E-state index in [2.05, 4.69) is 5.32 Å². The predicted octanol–water partition coefficient (Wildman–Crippen LogP) is 2.29. The molecule has 0 atom stereocenters. The van der Waals surface area contributed by atoms with Crippen LogP contribution < -0.4 is 5.32 Å². The van der Waals surface area contributed by atoms with E-state index in [0.29, 0.717) is 17.3 Å². The third-order valence-electron chi connectivity index (χ3n) is 2.11. The van der Waals surface area contributed by atoms with Gasteiger partial charge in [0.1, 0.15) is 11.6 Å². The Morgan fingerprint density at radius 2 is 2.28 bits per heavy atom. The van der Waals surface area contributed by atoms with Crippen LogP contribution in [0.15, 0.2) is 35.9 Å². The number of nitrogens with one attached hydrogen (secondary N) is 1. The van der Waals surface area contributed by atoms with Crippen molar-refractivity contribution < 1.29 is 4.79 Å². The van der Waals surface area contributed by atoms with Gasteiger partial charge in [0.2, 0.25) is 0 Å². The summed E-state index contributed by atoms with van der Waals surface area (Å²) >= 11 is 5.81. The number of halogens is 1. The summed E-state index contributed by atoms with van der Waals surface area (Å²) < 4.78 is 0. The summed E-state index contributed by atoms with van der Waals surface area (Å²) in [7, 11) is 3.72. The molecule has 0 aromatic heterocycles. The van der Waals surface area contributed by atoms with Crippen molar-refractivity contribution in [2.45, 2.75) is 0 Å². The third-order valence-corrected chi connectivity index (χ3v) is 2.34. The summed E-state index contributed by atoms with van der Waals surface area (Å²) in [5.41, 5.74) is 0.655. The van der Waals surface area contributed by atoms with Gasteiger partial charge in [-0.2, -0.15) is 5.26 Å². The number of hydrogen-bond acceptors (Lipinski definition) is 3. The molecule has 0 unspecified atom stereocenters. The van der Waals surface area contributed by atoms with Crippen molar-refractivity contribution in [3.05, 3.63) is 40.9 Å². The molecule has 0 fully saturated rings. The van der Waals surface area contributed by atoms with Crippen LogP contribution >= 0.6 is 11.6 Å². The molecule has 1 aromatic rings. The molecule has 4 nitrogen and oxygen atoms in total. The number of benzene rings is 1. The summed E-state index contributed by atoms with van der Waals surface area (Å²) in [6, 6.07) is 8.66. The van der Waals surface area contributed by atoms with E-state index in [9.17, 15) is 4.79 Å². The summed E-state index contributed by atoms with van der Waals surface area (Å²) in [5.74, 6) is -0.429. The molecule has 94 valence electrons. The first kappa shape index (κ1) is 14.2. The van der Waals surface area contributed by atoms with Gasteiger partial charge < -0.3 is 10.2 Å². The van der Waals surface area contributed by atoms with E-state index < -0.39 is 5.91 Å². The fourth-order valence-corrected chi connectivity index (χ4v) is 1.42. The monoisotopic (exact) mass is 263 g/mol. The van der Waals surface area contributed by atoms with Gasteiger partial charge in [-0.05, 0) is 38.4 Å². The average molecular weight is 264 g/mol. The maximum atomic E-state index is 11.8. The van der Waals surface area contributed by atoms with Crippen LogP contribution in [0.5, 0.6) is 0 Å². The Hall–Kier alpha value is -1.83. The minimum Gasteiger partial charge on any atom is -0.321 e. The topological polar surface area (TPSA) is 56.1 Å². The summed E-state index contributed by atoms with van der Waals surface area (Å²) in [4.78, 5) is 13.7.